The minimum Gasteiger partial charge on any atom is -0.495 e. The predicted molar refractivity (Wildman–Crippen MR) is 120 cm³/mol. The maximum Gasteiger partial charge on any atom is 0.331 e. The van der Waals surface area contributed by atoms with Crippen molar-refractivity contribution in [2.45, 2.75) is 62.8 Å². The third-order valence-corrected chi connectivity index (χ3v) is 8.37. The van der Waals surface area contributed by atoms with Crippen LogP contribution in [0.4, 0.5) is 0 Å². The van der Waals surface area contributed by atoms with E-state index in [1.807, 2.05) is 13.8 Å². The van der Waals surface area contributed by atoms with Gasteiger partial charge in [0.15, 0.2) is 0 Å². The van der Waals surface area contributed by atoms with Crippen molar-refractivity contribution in [2.75, 3.05) is 27.3 Å². The lowest BCUT2D eigenvalue weighted by atomic mass is 9.81. The summed E-state index contributed by atoms with van der Waals surface area (Å²) in [6.07, 6.45) is 4.58. The highest BCUT2D eigenvalue weighted by molar-refractivity contribution is 7.89. The van der Waals surface area contributed by atoms with E-state index in [1.54, 1.807) is 0 Å². The molecule has 1 amide bonds. The summed E-state index contributed by atoms with van der Waals surface area (Å²) < 4.78 is 38.7. The molecule has 1 N–H and O–H groups in total. The smallest absolute Gasteiger partial charge is 0.331 e. The number of esters is 1. The van der Waals surface area contributed by atoms with Crippen LogP contribution in [0, 0.1) is 11.8 Å². The molecule has 2 atom stereocenters. The van der Waals surface area contributed by atoms with Gasteiger partial charge in [0.2, 0.25) is 10.0 Å². The van der Waals surface area contributed by atoms with E-state index in [2.05, 4.69) is 5.32 Å². The second-order valence-electron chi connectivity index (χ2n) is 9.22. The van der Waals surface area contributed by atoms with E-state index < -0.39 is 27.4 Å². The van der Waals surface area contributed by atoms with Gasteiger partial charge in [0.1, 0.15) is 16.2 Å². The standard InChI is InChI=1S/C23H34N2O6S/c1-16-12-17(2)15-25(14-16)32(28,29)20-13-18(8-9-19(20)30-3)21(26)24-23(22(27)31-4)10-6-5-7-11-23/h8-9,13,16-17H,5-7,10-12,14-15H2,1-4H3,(H,24,26). The Morgan fingerprint density at radius 1 is 1.06 bits per heavy atom. The number of nitrogens with one attached hydrogen (secondary N) is 1. The van der Waals surface area contributed by atoms with Crippen LogP contribution in [0.1, 0.15) is 62.7 Å². The molecule has 1 aromatic carbocycles. The number of amides is 1. The molecule has 1 heterocycles. The van der Waals surface area contributed by atoms with Crippen LogP contribution in [0.5, 0.6) is 5.75 Å². The summed E-state index contributed by atoms with van der Waals surface area (Å²) in [4.78, 5) is 25.6. The average Bonchev–Trinajstić information content (AvgIpc) is 2.77. The van der Waals surface area contributed by atoms with E-state index in [4.69, 9.17) is 9.47 Å². The fourth-order valence-corrected chi connectivity index (χ4v) is 6.84. The number of benzene rings is 1. The molecule has 1 saturated carbocycles. The molecule has 0 bridgehead atoms. The number of carbonyl (C=O) groups excluding carboxylic acids is 2. The molecule has 32 heavy (non-hydrogen) atoms. The Kier molecular flexibility index (Phi) is 7.50. The maximum atomic E-state index is 13.5. The number of hydrogen-bond acceptors (Lipinski definition) is 6. The third-order valence-electron chi connectivity index (χ3n) is 6.52. The van der Waals surface area contributed by atoms with Gasteiger partial charge in [-0.2, -0.15) is 4.31 Å². The van der Waals surface area contributed by atoms with Crippen molar-refractivity contribution in [3.05, 3.63) is 23.8 Å². The number of carbonyl (C=O) groups is 2. The molecule has 2 aliphatic rings. The largest absolute Gasteiger partial charge is 0.495 e. The highest BCUT2D eigenvalue weighted by Crippen LogP contribution is 2.33. The van der Waals surface area contributed by atoms with Gasteiger partial charge in [-0.3, -0.25) is 4.79 Å². The molecule has 1 saturated heterocycles. The normalized spacial score (nSPS) is 23.9. The fraction of sp³-hybridized carbons (Fsp3) is 0.652. The average molecular weight is 467 g/mol. The van der Waals surface area contributed by atoms with Gasteiger partial charge >= 0.3 is 5.97 Å². The van der Waals surface area contributed by atoms with E-state index >= 15 is 0 Å². The summed E-state index contributed by atoms with van der Waals surface area (Å²) in [5.74, 6) is -0.290. The first-order valence-electron chi connectivity index (χ1n) is 11.2. The Morgan fingerprint density at radius 2 is 1.69 bits per heavy atom. The number of nitrogens with zero attached hydrogens (tertiary/aromatic N) is 1. The number of sulfonamides is 1. The van der Waals surface area contributed by atoms with E-state index in [9.17, 15) is 18.0 Å². The Balaban J connectivity index is 1.93. The fourth-order valence-electron chi connectivity index (χ4n) is 4.98. The molecule has 178 valence electrons. The predicted octanol–water partition coefficient (Wildman–Crippen LogP) is 2.97. The van der Waals surface area contributed by atoms with E-state index in [1.165, 1.54) is 36.7 Å². The molecule has 2 fully saturated rings. The van der Waals surface area contributed by atoms with Gasteiger partial charge < -0.3 is 14.8 Å². The Morgan fingerprint density at radius 3 is 2.25 bits per heavy atom. The third kappa shape index (κ3) is 4.93. The van der Waals surface area contributed by atoms with Crippen molar-refractivity contribution >= 4 is 21.9 Å². The summed E-state index contributed by atoms with van der Waals surface area (Å²) in [6.45, 7) is 4.93. The SMILES string of the molecule is COC(=O)C1(NC(=O)c2ccc(OC)c(S(=O)(=O)N3CC(C)CC(C)C3)c2)CCCCC1. The van der Waals surface area contributed by atoms with Crippen molar-refractivity contribution < 1.29 is 27.5 Å². The second kappa shape index (κ2) is 9.79. The molecule has 1 aliphatic carbocycles. The first-order chi connectivity index (χ1) is 15.1. The molecule has 0 spiro atoms. The zero-order valence-electron chi connectivity index (χ0n) is 19.3. The zero-order valence-corrected chi connectivity index (χ0v) is 20.2. The maximum absolute atomic E-state index is 13.5. The van der Waals surface area contributed by atoms with Gasteiger partial charge in [0, 0.05) is 18.7 Å². The van der Waals surface area contributed by atoms with Crippen molar-refractivity contribution in [3.8, 4) is 5.75 Å². The van der Waals surface area contributed by atoms with Gasteiger partial charge in [-0.05, 0) is 49.3 Å². The van der Waals surface area contributed by atoms with E-state index in [-0.39, 0.29) is 28.0 Å². The number of methoxy groups -OCH3 is 2. The molecule has 1 aliphatic heterocycles. The first-order valence-corrected chi connectivity index (χ1v) is 12.7. The summed E-state index contributed by atoms with van der Waals surface area (Å²) >= 11 is 0. The summed E-state index contributed by atoms with van der Waals surface area (Å²) in [5.41, 5.74) is -0.919. The van der Waals surface area contributed by atoms with Gasteiger partial charge in [-0.1, -0.05) is 33.1 Å². The Labute approximate surface area is 190 Å². The van der Waals surface area contributed by atoms with Crippen LogP contribution in [0.15, 0.2) is 23.1 Å². The molecule has 0 radical (unpaired) electrons. The van der Waals surface area contributed by atoms with Crippen molar-refractivity contribution in [2.24, 2.45) is 11.8 Å². The minimum absolute atomic E-state index is 0.0373. The van der Waals surface area contributed by atoms with Crippen molar-refractivity contribution in [1.82, 2.24) is 9.62 Å². The number of hydrogen-bond donors (Lipinski definition) is 1. The molecule has 2 unspecified atom stereocenters. The highest BCUT2D eigenvalue weighted by atomic mass is 32.2. The van der Waals surface area contributed by atoms with Crippen LogP contribution >= 0.6 is 0 Å². The number of piperidine rings is 1. The Hall–Kier alpha value is -2.13. The number of rotatable bonds is 6. The summed E-state index contributed by atoms with van der Waals surface area (Å²) in [5, 5.41) is 2.85. The van der Waals surface area contributed by atoms with Gasteiger partial charge in [0.05, 0.1) is 14.2 Å². The lowest BCUT2D eigenvalue weighted by molar-refractivity contribution is -0.149. The first kappa shape index (κ1) is 24.5. The van der Waals surface area contributed by atoms with Gasteiger partial charge in [-0.15, -0.1) is 0 Å². The lowest BCUT2D eigenvalue weighted by Crippen LogP contribution is -2.56. The molecule has 3 rings (SSSR count). The van der Waals surface area contributed by atoms with Gasteiger partial charge in [0.25, 0.3) is 5.91 Å². The quantitative estimate of drug-likeness (QED) is 0.647. The minimum atomic E-state index is -3.86. The molecule has 1 aromatic rings. The van der Waals surface area contributed by atoms with Crippen LogP contribution in [-0.2, 0) is 19.6 Å². The lowest BCUT2D eigenvalue weighted by Gasteiger charge is -2.35. The highest BCUT2D eigenvalue weighted by Gasteiger charge is 2.42. The van der Waals surface area contributed by atoms with Crippen LogP contribution in [0.3, 0.4) is 0 Å². The summed E-state index contributed by atoms with van der Waals surface area (Å²) in [7, 11) is -1.14. The number of ether oxygens (including phenoxy) is 2. The van der Waals surface area contributed by atoms with Crippen LogP contribution in [-0.4, -0.2) is 57.4 Å². The van der Waals surface area contributed by atoms with Crippen LogP contribution in [0.2, 0.25) is 0 Å². The van der Waals surface area contributed by atoms with Crippen LogP contribution in [0.25, 0.3) is 0 Å². The zero-order chi connectivity index (χ0) is 23.5. The monoisotopic (exact) mass is 466 g/mol. The van der Waals surface area contributed by atoms with E-state index in [0.29, 0.717) is 25.9 Å². The molecular formula is C23H34N2O6S. The Bertz CT molecular complexity index is 945. The van der Waals surface area contributed by atoms with Crippen molar-refractivity contribution in [3.63, 3.8) is 0 Å². The van der Waals surface area contributed by atoms with Crippen LogP contribution < -0.4 is 10.1 Å². The molecular weight excluding hydrogens is 432 g/mol. The van der Waals surface area contributed by atoms with Gasteiger partial charge in [-0.25, -0.2) is 13.2 Å². The molecule has 0 aromatic heterocycles. The summed E-state index contributed by atoms with van der Waals surface area (Å²) in [6, 6.07) is 4.36. The van der Waals surface area contributed by atoms with E-state index in [0.717, 1.165) is 25.7 Å². The second-order valence-corrected chi connectivity index (χ2v) is 11.1. The topological polar surface area (TPSA) is 102 Å². The molecule has 9 heteroatoms. The van der Waals surface area contributed by atoms with Crippen molar-refractivity contribution in [1.29, 1.82) is 0 Å². The molecule has 8 nitrogen and oxygen atoms in total.